The Morgan fingerprint density at radius 1 is 1.15 bits per heavy atom. The molecule has 0 saturated carbocycles. The topological polar surface area (TPSA) is 81.7 Å². The summed E-state index contributed by atoms with van der Waals surface area (Å²) in [5, 5.41) is 3.22. The Kier molecular flexibility index (Phi) is 7.65. The van der Waals surface area contributed by atoms with E-state index >= 15 is 0 Å². The number of anilines is 2. The Morgan fingerprint density at radius 3 is 2.68 bits per heavy atom. The number of rotatable bonds is 7. The lowest BCUT2D eigenvalue weighted by Gasteiger charge is -2.36. The second-order valence-electron chi connectivity index (χ2n) is 9.26. The summed E-state index contributed by atoms with van der Waals surface area (Å²) in [5.74, 6) is 1.75. The van der Waals surface area contributed by atoms with Crippen molar-refractivity contribution in [1.29, 1.82) is 0 Å². The minimum atomic E-state index is -0.113. The molecule has 0 bridgehead atoms. The number of aromatic nitrogens is 2. The third-order valence-corrected chi connectivity index (χ3v) is 6.97. The Hall–Kier alpha value is -3.16. The van der Waals surface area contributed by atoms with Gasteiger partial charge in [0.2, 0.25) is 11.8 Å². The molecule has 1 saturated heterocycles. The standard InChI is InChI=1S/C26H36N6O2/c1-19(33)31-17-14-21-22(18-31)28-26(29-25(21)27-2)23-12-7-8-16-32(23)24(34)13-9-15-30(3)20-10-5-4-6-11-20/h4-6,10-11,23H,7-9,12-18H2,1-3H3,(H,27,28,29)/t23-/m1/s1. The number of amides is 2. The molecule has 2 aliphatic heterocycles. The van der Waals surface area contributed by atoms with E-state index < -0.39 is 0 Å². The number of benzene rings is 1. The molecule has 0 aliphatic carbocycles. The maximum absolute atomic E-state index is 13.3. The normalized spacial score (nSPS) is 17.8. The molecule has 1 aromatic carbocycles. The first kappa shape index (κ1) is 24.0. The van der Waals surface area contributed by atoms with Crippen LogP contribution in [0.1, 0.15) is 62.2 Å². The summed E-state index contributed by atoms with van der Waals surface area (Å²) in [6.07, 6.45) is 4.99. The van der Waals surface area contributed by atoms with Gasteiger partial charge in [-0.3, -0.25) is 9.59 Å². The van der Waals surface area contributed by atoms with E-state index in [0.29, 0.717) is 25.3 Å². The van der Waals surface area contributed by atoms with Gasteiger partial charge in [0.1, 0.15) is 5.82 Å². The van der Waals surface area contributed by atoms with Gasteiger partial charge in [0.25, 0.3) is 0 Å². The van der Waals surface area contributed by atoms with Crippen molar-refractivity contribution in [3.63, 3.8) is 0 Å². The zero-order valence-electron chi connectivity index (χ0n) is 20.6. The molecule has 182 valence electrons. The second-order valence-corrected chi connectivity index (χ2v) is 9.26. The van der Waals surface area contributed by atoms with Gasteiger partial charge in [-0.2, -0.15) is 0 Å². The van der Waals surface area contributed by atoms with Gasteiger partial charge in [0.15, 0.2) is 5.82 Å². The fourth-order valence-corrected chi connectivity index (χ4v) is 5.00. The highest BCUT2D eigenvalue weighted by Crippen LogP contribution is 2.33. The molecule has 1 atom stereocenters. The lowest BCUT2D eigenvalue weighted by molar-refractivity contribution is -0.135. The number of hydrogen-bond acceptors (Lipinski definition) is 6. The molecular formula is C26H36N6O2. The number of nitrogens with zero attached hydrogens (tertiary/aromatic N) is 5. The number of fused-ring (bicyclic) bond motifs is 1. The minimum Gasteiger partial charge on any atom is -0.375 e. The zero-order valence-corrected chi connectivity index (χ0v) is 20.6. The van der Waals surface area contributed by atoms with Crippen molar-refractivity contribution in [2.45, 2.75) is 58.0 Å². The Labute approximate surface area is 202 Å². The number of likely N-dealkylation sites (tertiary alicyclic amines) is 1. The molecule has 1 fully saturated rings. The van der Waals surface area contributed by atoms with Gasteiger partial charge < -0.3 is 20.0 Å². The van der Waals surface area contributed by atoms with Crippen LogP contribution >= 0.6 is 0 Å². The number of nitrogens with one attached hydrogen (secondary N) is 1. The predicted molar refractivity (Wildman–Crippen MR) is 134 cm³/mol. The van der Waals surface area contributed by atoms with Gasteiger partial charge in [-0.25, -0.2) is 9.97 Å². The monoisotopic (exact) mass is 464 g/mol. The van der Waals surface area contributed by atoms with E-state index in [2.05, 4.69) is 29.4 Å². The van der Waals surface area contributed by atoms with Crippen molar-refractivity contribution in [3.05, 3.63) is 47.4 Å². The molecule has 0 spiro atoms. The van der Waals surface area contributed by atoms with Crippen LogP contribution in [-0.4, -0.2) is 65.3 Å². The van der Waals surface area contributed by atoms with E-state index in [1.807, 2.05) is 35.0 Å². The number of carbonyl (C=O) groups is 2. The second kappa shape index (κ2) is 10.8. The van der Waals surface area contributed by atoms with Crippen LogP contribution in [0.5, 0.6) is 0 Å². The fraction of sp³-hybridized carbons (Fsp3) is 0.538. The fourth-order valence-electron chi connectivity index (χ4n) is 5.00. The first-order valence-corrected chi connectivity index (χ1v) is 12.4. The van der Waals surface area contributed by atoms with E-state index in [1.54, 1.807) is 6.92 Å². The van der Waals surface area contributed by atoms with Gasteiger partial charge in [0, 0.05) is 58.3 Å². The summed E-state index contributed by atoms with van der Waals surface area (Å²) in [5.41, 5.74) is 3.15. The van der Waals surface area contributed by atoms with Crippen LogP contribution in [-0.2, 0) is 22.6 Å². The molecule has 3 heterocycles. The van der Waals surface area contributed by atoms with E-state index in [1.165, 1.54) is 0 Å². The smallest absolute Gasteiger partial charge is 0.223 e. The summed E-state index contributed by atoms with van der Waals surface area (Å²) in [7, 11) is 3.94. The van der Waals surface area contributed by atoms with Crippen LogP contribution in [0.4, 0.5) is 11.5 Å². The minimum absolute atomic E-state index is 0.0618. The summed E-state index contributed by atoms with van der Waals surface area (Å²) >= 11 is 0. The summed E-state index contributed by atoms with van der Waals surface area (Å²) in [4.78, 5) is 41.0. The van der Waals surface area contributed by atoms with Crippen molar-refractivity contribution < 1.29 is 9.59 Å². The summed E-state index contributed by atoms with van der Waals surface area (Å²) in [6.45, 7) is 4.36. The molecule has 2 aromatic rings. The zero-order chi connectivity index (χ0) is 24.1. The lowest BCUT2D eigenvalue weighted by Crippen LogP contribution is -2.40. The molecule has 34 heavy (non-hydrogen) atoms. The Bertz CT molecular complexity index is 1010. The molecule has 4 rings (SSSR count). The number of hydrogen-bond donors (Lipinski definition) is 1. The molecule has 1 aromatic heterocycles. The maximum Gasteiger partial charge on any atom is 0.223 e. The molecule has 8 nitrogen and oxygen atoms in total. The Balaban J connectivity index is 1.46. The van der Waals surface area contributed by atoms with Crippen molar-refractivity contribution in [2.75, 3.05) is 43.9 Å². The number of piperidine rings is 1. The molecular weight excluding hydrogens is 428 g/mol. The van der Waals surface area contributed by atoms with Gasteiger partial charge >= 0.3 is 0 Å². The summed E-state index contributed by atoms with van der Waals surface area (Å²) < 4.78 is 0. The van der Waals surface area contributed by atoms with Crippen LogP contribution in [0, 0.1) is 0 Å². The van der Waals surface area contributed by atoms with Crippen molar-refractivity contribution in [1.82, 2.24) is 19.8 Å². The Morgan fingerprint density at radius 2 is 1.94 bits per heavy atom. The molecule has 2 aliphatic rings. The van der Waals surface area contributed by atoms with Gasteiger partial charge in [-0.15, -0.1) is 0 Å². The predicted octanol–water partition coefficient (Wildman–Crippen LogP) is 3.39. The largest absolute Gasteiger partial charge is 0.375 e. The van der Waals surface area contributed by atoms with E-state index in [-0.39, 0.29) is 17.9 Å². The SMILES string of the molecule is CNc1nc([C@H]2CCCCN2C(=O)CCCN(C)c2ccccc2)nc2c1CCN(C(C)=O)C2. The van der Waals surface area contributed by atoms with Crippen molar-refractivity contribution in [3.8, 4) is 0 Å². The average molecular weight is 465 g/mol. The van der Waals surface area contributed by atoms with Crippen LogP contribution in [0.25, 0.3) is 0 Å². The van der Waals surface area contributed by atoms with Crippen molar-refractivity contribution in [2.24, 2.45) is 0 Å². The van der Waals surface area contributed by atoms with Crippen LogP contribution < -0.4 is 10.2 Å². The van der Waals surface area contributed by atoms with Crippen LogP contribution in [0.3, 0.4) is 0 Å². The third-order valence-electron chi connectivity index (χ3n) is 6.97. The van der Waals surface area contributed by atoms with Crippen LogP contribution in [0.15, 0.2) is 30.3 Å². The van der Waals surface area contributed by atoms with Gasteiger partial charge in [-0.1, -0.05) is 18.2 Å². The first-order chi connectivity index (χ1) is 16.5. The average Bonchev–Trinajstić information content (AvgIpc) is 2.87. The van der Waals surface area contributed by atoms with Crippen molar-refractivity contribution >= 4 is 23.3 Å². The highest BCUT2D eigenvalue weighted by molar-refractivity contribution is 5.77. The molecule has 1 N–H and O–H groups in total. The number of para-hydroxylation sites is 1. The quantitative estimate of drug-likeness (QED) is 0.676. The van der Waals surface area contributed by atoms with Gasteiger partial charge in [0.05, 0.1) is 18.3 Å². The van der Waals surface area contributed by atoms with Crippen LogP contribution in [0.2, 0.25) is 0 Å². The highest BCUT2D eigenvalue weighted by Gasteiger charge is 2.32. The maximum atomic E-state index is 13.3. The number of carbonyl (C=O) groups excluding carboxylic acids is 2. The summed E-state index contributed by atoms with van der Waals surface area (Å²) in [6, 6.07) is 10.1. The van der Waals surface area contributed by atoms with E-state index in [9.17, 15) is 9.59 Å². The molecule has 2 amide bonds. The molecule has 0 unspecified atom stereocenters. The molecule has 8 heteroatoms. The van der Waals surface area contributed by atoms with E-state index in [0.717, 1.165) is 68.0 Å². The van der Waals surface area contributed by atoms with E-state index in [4.69, 9.17) is 9.97 Å². The molecule has 0 radical (unpaired) electrons. The highest BCUT2D eigenvalue weighted by atomic mass is 16.2. The lowest BCUT2D eigenvalue weighted by atomic mass is 9.99. The van der Waals surface area contributed by atoms with Gasteiger partial charge in [-0.05, 0) is 44.2 Å². The first-order valence-electron chi connectivity index (χ1n) is 12.4. The third kappa shape index (κ3) is 5.32.